The largest absolute Gasteiger partial charge is 0.454 e. The smallest absolute Gasteiger partial charge is 0.343 e. The van der Waals surface area contributed by atoms with E-state index in [4.69, 9.17) is 24.4 Å². The number of rotatable bonds is 3. The van der Waals surface area contributed by atoms with E-state index in [0.29, 0.717) is 40.2 Å². The summed E-state index contributed by atoms with van der Waals surface area (Å²) in [6, 6.07) is 15.0. The van der Waals surface area contributed by atoms with Gasteiger partial charge in [-0.2, -0.15) is 5.26 Å². The average Bonchev–Trinajstić information content (AvgIpc) is 3.20. The molecule has 1 aromatic heterocycles. The van der Waals surface area contributed by atoms with E-state index in [2.05, 4.69) is 6.07 Å². The van der Waals surface area contributed by atoms with E-state index in [1.807, 2.05) is 31.2 Å². The first-order chi connectivity index (χ1) is 14.6. The summed E-state index contributed by atoms with van der Waals surface area (Å²) >= 11 is 0. The van der Waals surface area contributed by atoms with Crippen molar-refractivity contribution in [2.45, 2.75) is 19.3 Å². The molecule has 0 unspecified atom stereocenters. The predicted molar refractivity (Wildman–Crippen MR) is 108 cm³/mol. The van der Waals surface area contributed by atoms with Gasteiger partial charge < -0.3 is 24.4 Å². The van der Waals surface area contributed by atoms with Crippen LogP contribution in [0.3, 0.4) is 0 Å². The number of nitrogens with zero attached hydrogens (tertiary/aromatic N) is 1. The van der Waals surface area contributed by atoms with Crippen LogP contribution in [0, 0.1) is 17.2 Å². The Balaban J connectivity index is 1.61. The summed E-state index contributed by atoms with van der Waals surface area (Å²) in [6.07, 6.45) is 0.589. The highest BCUT2D eigenvalue weighted by atomic mass is 16.7. The standard InChI is InChI=1S/C23H18N2O5/c1-12(8-13-6-7-17-18(9-13)28-11-27-17)19-15(10-24)22(25)30-21-14-4-2-3-5-16(14)29-23(26)20(19)21/h2-7,9,12,19H,8,11,25H2,1H3/t12-,19-/m0/s1. The number of hydrogen-bond donors (Lipinski definition) is 1. The molecule has 0 amide bonds. The van der Waals surface area contributed by atoms with Gasteiger partial charge in [0, 0.05) is 5.92 Å². The zero-order chi connectivity index (χ0) is 20.8. The van der Waals surface area contributed by atoms with Crippen LogP contribution in [-0.2, 0) is 6.42 Å². The molecule has 2 atom stereocenters. The van der Waals surface area contributed by atoms with Gasteiger partial charge in [-0.05, 0) is 42.2 Å². The quantitative estimate of drug-likeness (QED) is 0.667. The minimum absolute atomic E-state index is 0.0169. The minimum atomic E-state index is -0.551. The van der Waals surface area contributed by atoms with E-state index in [-0.39, 0.29) is 24.2 Å². The van der Waals surface area contributed by atoms with E-state index in [9.17, 15) is 10.1 Å². The fourth-order valence-corrected chi connectivity index (χ4v) is 4.23. The van der Waals surface area contributed by atoms with Crippen LogP contribution < -0.4 is 25.6 Å². The fourth-order valence-electron chi connectivity index (χ4n) is 4.23. The van der Waals surface area contributed by atoms with Crippen molar-refractivity contribution in [3.8, 4) is 23.3 Å². The lowest BCUT2D eigenvalue weighted by Crippen LogP contribution is -2.29. The zero-order valence-corrected chi connectivity index (χ0v) is 16.2. The Morgan fingerprint density at radius 1 is 1.20 bits per heavy atom. The Labute approximate surface area is 171 Å². The highest BCUT2D eigenvalue weighted by Crippen LogP contribution is 2.44. The number of allylic oxidation sites excluding steroid dienone is 1. The summed E-state index contributed by atoms with van der Waals surface area (Å²) in [5, 5.41) is 10.4. The third-order valence-electron chi connectivity index (χ3n) is 5.58. The highest BCUT2D eigenvalue weighted by Gasteiger charge is 2.37. The van der Waals surface area contributed by atoms with E-state index in [0.717, 1.165) is 5.56 Å². The molecule has 2 N–H and O–H groups in total. The van der Waals surface area contributed by atoms with Gasteiger partial charge in [-0.1, -0.05) is 25.1 Å². The Bertz CT molecular complexity index is 1300. The molecule has 7 heteroatoms. The summed E-state index contributed by atoms with van der Waals surface area (Å²) < 4.78 is 22.1. The van der Waals surface area contributed by atoms with Gasteiger partial charge in [0.25, 0.3) is 0 Å². The van der Waals surface area contributed by atoms with Crippen molar-refractivity contribution in [1.82, 2.24) is 0 Å². The molecule has 2 aliphatic heterocycles. The molecule has 0 fully saturated rings. The second-order valence-corrected chi connectivity index (χ2v) is 7.47. The van der Waals surface area contributed by atoms with Crippen LogP contribution in [0.4, 0.5) is 0 Å². The van der Waals surface area contributed by atoms with Crippen molar-refractivity contribution in [1.29, 1.82) is 5.26 Å². The number of hydrogen-bond acceptors (Lipinski definition) is 7. The van der Waals surface area contributed by atoms with Gasteiger partial charge in [-0.25, -0.2) is 4.79 Å². The van der Waals surface area contributed by atoms with Gasteiger partial charge in [0.05, 0.1) is 16.5 Å². The lowest BCUT2D eigenvalue weighted by atomic mass is 9.78. The first kappa shape index (κ1) is 18.1. The van der Waals surface area contributed by atoms with Crippen LogP contribution in [0.1, 0.15) is 24.0 Å². The molecule has 5 rings (SSSR count). The van der Waals surface area contributed by atoms with Gasteiger partial charge in [0.15, 0.2) is 17.2 Å². The van der Waals surface area contributed by atoms with Gasteiger partial charge >= 0.3 is 5.63 Å². The van der Waals surface area contributed by atoms with Crippen molar-refractivity contribution in [3.63, 3.8) is 0 Å². The fraction of sp³-hybridized carbons (Fsp3) is 0.217. The summed E-state index contributed by atoms with van der Waals surface area (Å²) in [6.45, 7) is 2.18. The molecular weight excluding hydrogens is 384 g/mol. The topological polar surface area (TPSA) is 108 Å². The van der Waals surface area contributed by atoms with Crippen LogP contribution in [-0.4, -0.2) is 6.79 Å². The minimum Gasteiger partial charge on any atom is -0.454 e. The number of para-hydroxylation sites is 1. The van der Waals surface area contributed by atoms with Crippen LogP contribution in [0.2, 0.25) is 0 Å². The molecular formula is C23H18N2O5. The normalized spacial score (nSPS) is 17.9. The van der Waals surface area contributed by atoms with Gasteiger partial charge in [-0.3, -0.25) is 0 Å². The molecule has 0 saturated carbocycles. The summed E-state index contributed by atoms with van der Waals surface area (Å²) in [4.78, 5) is 12.9. The third-order valence-corrected chi connectivity index (χ3v) is 5.58. The molecule has 30 heavy (non-hydrogen) atoms. The van der Waals surface area contributed by atoms with Crippen molar-refractivity contribution in [2.24, 2.45) is 11.7 Å². The molecule has 3 heterocycles. The molecule has 7 nitrogen and oxygen atoms in total. The predicted octanol–water partition coefficient (Wildman–Crippen LogP) is 3.57. The number of nitriles is 1. The molecule has 0 radical (unpaired) electrons. The zero-order valence-electron chi connectivity index (χ0n) is 16.2. The molecule has 3 aromatic rings. The number of ether oxygens (including phenoxy) is 3. The average molecular weight is 402 g/mol. The molecule has 0 aliphatic carbocycles. The van der Waals surface area contributed by atoms with E-state index in [1.165, 1.54) is 0 Å². The highest BCUT2D eigenvalue weighted by molar-refractivity contribution is 5.85. The van der Waals surface area contributed by atoms with Gasteiger partial charge in [0.2, 0.25) is 12.7 Å². The Morgan fingerprint density at radius 3 is 2.83 bits per heavy atom. The summed E-state index contributed by atoms with van der Waals surface area (Å²) in [5.41, 5.74) is 7.56. The summed E-state index contributed by atoms with van der Waals surface area (Å²) in [7, 11) is 0. The van der Waals surface area contributed by atoms with Crippen LogP contribution in [0.15, 0.2) is 63.1 Å². The number of nitrogens with two attached hydrogens (primary N) is 1. The van der Waals surface area contributed by atoms with Crippen LogP contribution >= 0.6 is 0 Å². The van der Waals surface area contributed by atoms with Crippen LogP contribution in [0.25, 0.3) is 11.0 Å². The first-order valence-electron chi connectivity index (χ1n) is 9.58. The lowest BCUT2D eigenvalue weighted by molar-refractivity contribution is 0.174. The third kappa shape index (κ3) is 2.77. The maximum absolute atomic E-state index is 12.9. The molecule has 2 aromatic carbocycles. The molecule has 2 aliphatic rings. The van der Waals surface area contributed by atoms with E-state index >= 15 is 0 Å². The summed E-state index contributed by atoms with van der Waals surface area (Å²) in [5.74, 6) is 1.09. The number of fused-ring (bicyclic) bond motifs is 4. The Kier molecular flexibility index (Phi) is 4.14. The van der Waals surface area contributed by atoms with Crippen molar-refractivity contribution in [3.05, 3.63) is 75.5 Å². The van der Waals surface area contributed by atoms with Crippen LogP contribution in [0.5, 0.6) is 17.2 Å². The Morgan fingerprint density at radius 2 is 2.00 bits per heavy atom. The van der Waals surface area contributed by atoms with Crippen molar-refractivity contribution < 1.29 is 18.6 Å². The van der Waals surface area contributed by atoms with E-state index < -0.39 is 11.5 Å². The van der Waals surface area contributed by atoms with Crippen molar-refractivity contribution in [2.75, 3.05) is 6.79 Å². The number of benzene rings is 2. The molecule has 150 valence electrons. The SMILES string of the molecule is C[C@@H](Cc1ccc2c(c1)OCO2)[C@H]1C(C#N)=C(N)Oc2c1c(=O)oc1ccccc21. The van der Waals surface area contributed by atoms with Gasteiger partial charge in [-0.15, -0.1) is 0 Å². The first-order valence-corrected chi connectivity index (χ1v) is 9.58. The second-order valence-electron chi connectivity index (χ2n) is 7.47. The second kappa shape index (κ2) is 6.85. The maximum atomic E-state index is 12.9. The lowest BCUT2D eigenvalue weighted by Gasteiger charge is -2.29. The monoisotopic (exact) mass is 402 g/mol. The maximum Gasteiger partial charge on any atom is 0.343 e. The van der Waals surface area contributed by atoms with E-state index in [1.54, 1.807) is 18.2 Å². The molecule has 0 bridgehead atoms. The van der Waals surface area contributed by atoms with Crippen molar-refractivity contribution >= 4 is 11.0 Å². The van der Waals surface area contributed by atoms with Gasteiger partial charge in [0.1, 0.15) is 11.7 Å². The Hall–Kier alpha value is -3.92. The molecule has 0 spiro atoms. The molecule has 0 saturated heterocycles.